The van der Waals surface area contributed by atoms with Crippen LogP contribution in [0.2, 0.25) is 0 Å². The fourth-order valence-electron chi connectivity index (χ4n) is 2.79. The van der Waals surface area contributed by atoms with Crippen molar-refractivity contribution in [2.75, 3.05) is 53.0 Å². The third kappa shape index (κ3) is 10.4. The van der Waals surface area contributed by atoms with Crippen molar-refractivity contribution in [3.63, 3.8) is 0 Å². The minimum atomic E-state index is -5.08. The van der Waals surface area contributed by atoms with Gasteiger partial charge in [0, 0.05) is 63.9 Å². The minimum Gasteiger partial charge on any atom is -0.475 e. The van der Waals surface area contributed by atoms with Gasteiger partial charge >= 0.3 is 12.1 Å². The molecule has 0 spiro atoms. The van der Waals surface area contributed by atoms with Gasteiger partial charge in [0.15, 0.2) is 0 Å². The highest BCUT2D eigenvalue weighted by molar-refractivity contribution is 9.10. The number of ether oxygens (including phenoxy) is 1. The number of nitrogens with one attached hydrogen (secondary N) is 1. The molecule has 0 aliphatic carbocycles. The lowest BCUT2D eigenvalue weighted by Crippen LogP contribution is -2.47. The summed E-state index contributed by atoms with van der Waals surface area (Å²) < 4.78 is 64.9. The van der Waals surface area contributed by atoms with Gasteiger partial charge in [0.2, 0.25) is 15.9 Å². The predicted molar refractivity (Wildman–Crippen MR) is 117 cm³/mol. The monoisotopic (exact) mass is 561 g/mol. The minimum absolute atomic E-state index is 0.00533. The number of methoxy groups -OCH3 is 1. The van der Waals surface area contributed by atoms with Crippen LogP contribution in [0.5, 0.6) is 0 Å². The number of carboxylic acids is 1. The van der Waals surface area contributed by atoms with Gasteiger partial charge in [-0.15, -0.1) is 0 Å². The number of amides is 1. The highest BCUT2D eigenvalue weighted by atomic mass is 79.9. The van der Waals surface area contributed by atoms with Gasteiger partial charge < -0.3 is 20.1 Å². The maximum atomic E-state index is 13.0. The van der Waals surface area contributed by atoms with Gasteiger partial charge in [0.1, 0.15) is 0 Å². The Balaban J connectivity index is 0.000000675. The third-order valence-electron chi connectivity index (χ3n) is 4.49. The average Bonchev–Trinajstić information content (AvgIpc) is 2.76. The quantitative estimate of drug-likeness (QED) is 0.442. The van der Waals surface area contributed by atoms with Crippen molar-refractivity contribution < 1.29 is 41.0 Å². The summed E-state index contributed by atoms with van der Waals surface area (Å²) in [6.07, 6.45) is -4.32. The van der Waals surface area contributed by atoms with Crippen molar-refractivity contribution in [2.45, 2.75) is 23.9 Å². The van der Waals surface area contributed by atoms with Crippen molar-refractivity contribution in [3.8, 4) is 0 Å². The molecule has 0 unspecified atom stereocenters. The number of aliphatic carboxylic acids is 1. The lowest BCUT2D eigenvalue weighted by atomic mass is 10.3. The summed E-state index contributed by atoms with van der Waals surface area (Å²) in [5, 5.41) is 10.3. The van der Waals surface area contributed by atoms with E-state index < -0.39 is 22.2 Å². The summed E-state index contributed by atoms with van der Waals surface area (Å²) in [4.78, 5) is 23.3. The molecule has 1 amide bonds. The largest absolute Gasteiger partial charge is 0.490 e. The van der Waals surface area contributed by atoms with Gasteiger partial charge in [-0.1, -0.05) is 15.9 Å². The van der Waals surface area contributed by atoms with Gasteiger partial charge in [-0.2, -0.15) is 17.5 Å². The molecule has 14 heteroatoms. The molecule has 0 saturated carbocycles. The van der Waals surface area contributed by atoms with E-state index in [4.69, 9.17) is 14.6 Å². The second-order valence-corrected chi connectivity index (χ2v) is 9.74. The van der Waals surface area contributed by atoms with Crippen LogP contribution >= 0.6 is 15.9 Å². The summed E-state index contributed by atoms with van der Waals surface area (Å²) >= 11 is 3.31. The van der Waals surface area contributed by atoms with E-state index in [9.17, 15) is 26.4 Å². The van der Waals surface area contributed by atoms with Gasteiger partial charge in [0.05, 0.1) is 4.90 Å². The second-order valence-electron chi connectivity index (χ2n) is 6.89. The molecule has 0 aromatic heterocycles. The Labute approximate surface area is 199 Å². The molecular weight excluding hydrogens is 535 g/mol. The number of piperazine rings is 1. The Kier molecular flexibility index (Phi) is 12.3. The lowest BCUT2D eigenvalue weighted by molar-refractivity contribution is -0.192. The van der Waals surface area contributed by atoms with Crippen LogP contribution in [0, 0.1) is 0 Å². The van der Waals surface area contributed by atoms with Crippen LogP contribution < -0.4 is 5.32 Å². The van der Waals surface area contributed by atoms with Crippen molar-refractivity contribution in [2.24, 2.45) is 0 Å². The lowest BCUT2D eigenvalue weighted by Gasteiger charge is -2.29. The number of halogens is 4. The number of hydrogen-bond acceptors (Lipinski definition) is 6. The number of sulfonamides is 1. The Bertz CT molecular complexity index is 863. The van der Waals surface area contributed by atoms with E-state index in [0.29, 0.717) is 32.7 Å². The molecule has 0 bridgehead atoms. The van der Waals surface area contributed by atoms with Crippen LogP contribution in [0.25, 0.3) is 0 Å². The second kappa shape index (κ2) is 13.8. The van der Waals surface area contributed by atoms with E-state index in [0.717, 1.165) is 17.6 Å². The Hall–Kier alpha value is -1.74. The fraction of sp³-hybridized carbons (Fsp3) is 0.579. The maximum Gasteiger partial charge on any atom is 0.490 e. The molecule has 2 rings (SSSR count). The van der Waals surface area contributed by atoms with Crippen molar-refractivity contribution in [3.05, 3.63) is 28.7 Å². The van der Waals surface area contributed by atoms with E-state index in [1.807, 2.05) is 0 Å². The molecule has 1 heterocycles. The van der Waals surface area contributed by atoms with Crippen molar-refractivity contribution >= 4 is 37.8 Å². The van der Waals surface area contributed by atoms with Crippen LogP contribution in [-0.4, -0.2) is 93.8 Å². The highest BCUT2D eigenvalue weighted by Gasteiger charge is 2.38. The van der Waals surface area contributed by atoms with E-state index in [-0.39, 0.29) is 23.8 Å². The van der Waals surface area contributed by atoms with E-state index in [1.54, 1.807) is 36.3 Å². The van der Waals surface area contributed by atoms with Crippen LogP contribution in [-0.2, 0) is 24.3 Å². The Morgan fingerprint density at radius 2 is 1.73 bits per heavy atom. The average molecular weight is 562 g/mol. The SMILES string of the molecule is COCCCN(CCC(=O)N1CCNCC1)S(=O)(=O)c1ccc(Br)cc1.O=C(O)C(F)(F)F. The molecule has 1 fully saturated rings. The number of rotatable bonds is 9. The summed E-state index contributed by atoms with van der Waals surface area (Å²) in [5.41, 5.74) is 0. The van der Waals surface area contributed by atoms with Crippen LogP contribution in [0.15, 0.2) is 33.6 Å². The summed E-state index contributed by atoms with van der Waals surface area (Å²) in [5.74, 6) is -2.76. The van der Waals surface area contributed by atoms with Crippen LogP contribution in [0.1, 0.15) is 12.8 Å². The summed E-state index contributed by atoms with van der Waals surface area (Å²) in [7, 11) is -2.07. The first-order chi connectivity index (χ1) is 15.4. The molecule has 188 valence electrons. The van der Waals surface area contributed by atoms with Crippen molar-refractivity contribution in [1.82, 2.24) is 14.5 Å². The first-order valence-corrected chi connectivity index (χ1v) is 12.2. The van der Waals surface area contributed by atoms with E-state index in [1.165, 1.54) is 4.31 Å². The molecule has 2 N–H and O–H groups in total. The number of carboxylic acid groups (broad SMARTS) is 1. The molecule has 1 aliphatic heterocycles. The van der Waals surface area contributed by atoms with Gasteiger partial charge in [-0.25, -0.2) is 13.2 Å². The first kappa shape index (κ1) is 29.3. The molecule has 0 atom stereocenters. The molecule has 1 saturated heterocycles. The van der Waals surface area contributed by atoms with Gasteiger partial charge in [-0.3, -0.25) is 4.79 Å². The van der Waals surface area contributed by atoms with Crippen molar-refractivity contribution in [1.29, 1.82) is 0 Å². The number of hydrogen-bond donors (Lipinski definition) is 2. The van der Waals surface area contributed by atoms with Gasteiger partial charge in [-0.05, 0) is 30.7 Å². The zero-order chi connectivity index (χ0) is 25.1. The first-order valence-electron chi connectivity index (χ1n) is 9.93. The number of alkyl halides is 3. The zero-order valence-electron chi connectivity index (χ0n) is 18.0. The molecule has 1 aromatic rings. The maximum absolute atomic E-state index is 13.0. The topological polar surface area (TPSA) is 116 Å². The number of carbonyl (C=O) groups is 2. The number of nitrogens with zero attached hydrogens (tertiary/aromatic N) is 2. The smallest absolute Gasteiger partial charge is 0.475 e. The van der Waals surface area contributed by atoms with E-state index >= 15 is 0 Å². The molecular formula is C19H27BrF3N3O6S. The van der Waals surface area contributed by atoms with Crippen LogP contribution in [0.4, 0.5) is 13.2 Å². The Morgan fingerprint density at radius 1 is 1.18 bits per heavy atom. The molecule has 1 aliphatic rings. The predicted octanol–water partition coefficient (Wildman–Crippen LogP) is 1.93. The third-order valence-corrected chi connectivity index (χ3v) is 6.94. The fourth-order valence-corrected chi connectivity index (χ4v) is 4.53. The number of carbonyl (C=O) groups excluding carboxylic acids is 1. The summed E-state index contributed by atoms with van der Waals surface area (Å²) in [6.45, 7) is 3.86. The van der Waals surface area contributed by atoms with Crippen LogP contribution in [0.3, 0.4) is 0 Å². The van der Waals surface area contributed by atoms with E-state index in [2.05, 4.69) is 21.2 Å². The normalized spacial score (nSPS) is 14.5. The number of benzene rings is 1. The van der Waals surface area contributed by atoms with Gasteiger partial charge in [0.25, 0.3) is 0 Å². The standard InChI is InChI=1S/C17H26BrN3O4S.C2HF3O2/c1-25-14-2-10-21(11-7-17(22)20-12-8-19-9-13-20)26(23,24)16-5-3-15(18)4-6-16;3-2(4,5)1(6)7/h3-6,19H,2,7-14H2,1H3;(H,6,7). The molecule has 0 radical (unpaired) electrons. The molecule has 9 nitrogen and oxygen atoms in total. The highest BCUT2D eigenvalue weighted by Crippen LogP contribution is 2.19. The molecule has 33 heavy (non-hydrogen) atoms. The molecule has 1 aromatic carbocycles. The Morgan fingerprint density at radius 3 is 2.21 bits per heavy atom. The zero-order valence-corrected chi connectivity index (χ0v) is 20.4. The summed E-state index contributed by atoms with van der Waals surface area (Å²) in [6, 6.07) is 6.54.